The molecule has 0 aliphatic heterocycles. The zero-order valence-electron chi connectivity index (χ0n) is 15.6. The molecule has 0 aliphatic carbocycles. The van der Waals surface area contributed by atoms with Gasteiger partial charge in [0.05, 0.1) is 16.1 Å². The average molecular weight is 429 g/mol. The van der Waals surface area contributed by atoms with Crippen molar-refractivity contribution < 1.29 is 17.9 Å². The minimum Gasteiger partial charge on any atom is -0.457 e. The van der Waals surface area contributed by atoms with Crippen LogP contribution in [0.3, 0.4) is 0 Å². The Bertz CT molecular complexity index is 1180. The summed E-state index contributed by atoms with van der Waals surface area (Å²) in [6.45, 7) is 0.188. The van der Waals surface area contributed by atoms with Gasteiger partial charge in [-0.1, -0.05) is 35.9 Å². The number of fused-ring (bicyclic) bond motifs is 1. The number of nitrogens with one attached hydrogen (secondary N) is 1. The Morgan fingerprint density at radius 1 is 0.867 bits per heavy atom. The normalized spacial score (nSPS) is 11.5. The van der Waals surface area contributed by atoms with Gasteiger partial charge in [0.1, 0.15) is 17.3 Å². The number of aromatic nitrogens is 1. The molecule has 0 radical (unpaired) electrons. The molecule has 1 heterocycles. The van der Waals surface area contributed by atoms with Gasteiger partial charge in [-0.25, -0.2) is 4.98 Å². The molecule has 0 aliphatic rings. The van der Waals surface area contributed by atoms with Gasteiger partial charge in [0.2, 0.25) is 0 Å². The van der Waals surface area contributed by atoms with Crippen molar-refractivity contribution in [3.05, 3.63) is 95.0 Å². The minimum atomic E-state index is -4.49. The predicted molar refractivity (Wildman–Crippen MR) is 112 cm³/mol. The molecule has 152 valence electrons. The fourth-order valence-electron chi connectivity index (χ4n) is 2.98. The van der Waals surface area contributed by atoms with Gasteiger partial charge < -0.3 is 10.1 Å². The van der Waals surface area contributed by atoms with E-state index in [1.807, 2.05) is 54.6 Å². The van der Waals surface area contributed by atoms with Crippen molar-refractivity contribution in [2.45, 2.75) is 12.7 Å². The van der Waals surface area contributed by atoms with Crippen LogP contribution in [0.5, 0.6) is 11.5 Å². The van der Waals surface area contributed by atoms with E-state index < -0.39 is 11.7 Å². The summed E-state index contributed by atoms with van der Waals surface area (Å²) in [6, 6.07) is 22.5. The third-order valence-electron chi connectivity index (χ3n) is 4.45. The van der Waals surface area contributed by atoms with Gasteiger partial charge >= 0.3 is 6.18 Å². The average Bonchev–Trinajstić information content (AvgIpc) is 2.73. The van der Waals surface area contributed by atoms with Crippen molar-refractivity contribution in [1.29, 1.82) is 0 Å². The number of para-hydroxylation sites is 1. The number of ether oxygens (including phenoxy) is 1. The summed E-state index contributed by atoms with van der Waals surface area (Å²) in [6.07, 6.45) is -4.49. The van der Waals surface area contributed by atoms with Crippen LogP contribution < -0.4 is 10.1 Å². The van der Waals surface area contributed by atoms with Crippen LogP contribution in [0.4, 0.5) is 19.0 Å². The number of nitrogens with zero attached hydrogens (tertiary/aromatic N) is 1. The maximum Gasteiger partial charge on any atom is 0.417 e. The lowest BCUT2D eigenvalue weighted by atomic mass is 10.1. The summed E-state index contributed by atoms with van der Waals surface area (Å²) >= 11 is 5.66. The van der Waals surface area contributed by atoms with E-state index in [0.29, 0.717) is 17.1 Å². The van der Waals surface area contributed by atoms with Crippen LogP contribution in [0, 0.1) is 0 Å². The first-order chi connectivity index (χ1) is 14.4. The van der Waals surface area contributed by atoms with Gasteiger partial charge in [-0.3, -0.25) is 0 Å². The summed E-state index contributed by atoms with van der Waals surface area (Å²) in [5, 5.41) is 3.63. The van der Waals surface area contributed by atoms with Crippen molar-refractivity contribution in [3.8, 4) is 11.5 Å². The fraction of sp³-hybridized carbons (Fsp3) is 0.0870. The molecule has 0 amide bonds. The maximum atomic E-state index is 13.0. The van der Waals surface area contributed by atoms with Crippen LogP contribution in [0.1, 0.15) is 11.1 Å². The van der Waals surface area contributed by atoms with Gasteiger partial charge in [-0.2, -0.15) is 13.2 Å². The van der Waals surface area contributed by atoms with Crippen LogP contribution in [0.2, 0.25) is 5.02 Å². The standard InChI is InChI=1S/C23H16ClF3N2O/c24-20-9-6-15(12-19(20)23(25,26)27)14-28-22-11-7-16-13-18(8-10-21(16)29-22)30-17-4-2-1-3-5-17/h1-13H,14H2,(H,28,29). The van der Waals surface area contributed by atoms with E-state index in [4.69, 9.17) is 16.3 Å². The molecule has 30 heavy (non-hydrogen) atoms. The molecule has 1 N–H and O–H groups in total. The van der Waals surface area contributed by atoms with E-state index in [0.717, 1.165) is 22.7 Å². The molecule has 0 saturated carbocycles. The SMILES string of the molecule is FC(F)(F)c1cc(CNc2ccc3cc(Oc4ccccc4)ccc3n2)ccc1Cl. The van der Waals surface area contributed by atoms with E-state index >= 15 is 0 Å². The Morgan fingerprint density at radius 2 is 1.67 bits per heavy atom. The molecule has 1 aromatic heterocycles. The van der Waals surface area contributed by atoms with Crippen molar-refractivity contribution >= 4 is 28.3 Å². The number of benzene rings is 3. The predicted octanol–water partition coefficient (Wildman–Crippen LogP) is 7.31. The highest BCUT2D eigenvalue weighted by molar-refractivity contribution is 6.31. The highest BCUT2D eigenvalue weighted by atomic mass is 35.5. The second-order valence-electron chi connectivity index (χ2n) is 6.63. The van der Waals surface area contributed by atoms with Crippen molar-refractivity contribution in [3.63, 3.8) is 0 Å². The molecule has 4 aromatic rings. The van der Waals surface area contributed by atoms with Crippen molar-refractivity contribution in [2.24, 2.45) is 0 Å². The molecule has 0 saturated heterocycles. The van der Waals surface area contributed by atoms with Crippen molar-refractivity contribution in [2.75, 3.05) is 5.32 Å². The number of rotatable bonds is 5. The van der Waals surface area contributed by atoms with Gasteiger partial charge in [-0.15, -0.1) is 0 Å². The number of halogens is 4. The maximum absolute atomic E-state index is 13.0. The lowest BCUT2D eigenvalue weighted by Crippen LogP contribution is -2.08. The first-order valence-electron chi connectivity index (χ1n) is 9.12. The molecule has 0 spiro atoms. The number of pyridine rings is 1. The van der Waals surface area contributed by atoms with E-state index in [1.165, 1.54) is 6.07 Å². The molecule has 3 nitrogen and oxygen atoms in total. The van der Waals surface area contributed by atoms with Gasteiger partial charge in [0.25, 0.3) is 0 Å². The molecule has 0 fully saturated rings. The largest absolute Gasteiger partial charge is 0.457 e. The Hall–Kier alpha value is -3.25. The Labute approximate surface area is 176 Å². The van der Waals surface area contributed by atoms with Crippen LogP contribution in [0.15, 0.2) is 78.9 Å². The lowest BCUT2D eigenvalue weighted by molar-refractivity contribution is -0.137. The molecule has 0 bridgehead atoms. The molecule has 7 heteroatoms. The zero-order valence-corrected chi connectivity index (χ0v) is 16.3. The van der Waals surface area contributed by atoms with Crippen LogP contribution in [0.25, 0.3) is 10.9 Å². The molecule has 0 unspecified atom stereocenters. The van der Waals surface area contributed by atoms with Crippen molar-refractivity contribution in [1.82, 2.24) is 4.98 Å². The topological polar surface area (TPSA) is 34.1 Å². The fourth-order valence-corrected chi connectivity index (χ4v) is 3.21. The molecule has 4 rings (SSSR count). The van der Waals surface area contributed by atoms with Crippen LogP contribution >= 0.6 is 11.6 Å². The lowest BCUT2D eigenvalue weighted by Gasteiger charge is -2.12. The second-order valence-corrected chi connectivity index (χ2v) is 7.04. The van der Waals surface area contributed by atoms with Crippen LogP contribution in [-0.4, -0.2) is 4.98 Å². The summed E-state index contributed by atoms with van der Waals surface area (Å²) in [4.78, 5) is 4.51. The van der Waals surface area contributed by atoms with E-state index in [-0.39, 0.29) is 11.6 Å². The number of alkyl halides is 3. The quantitative estimate of drug-likeness (QED) is 0.362. The van der Waals surface area contributed by atoms with E-state index in [9.17, 15) is 13.2 Å². The summed E-state index contributed by atoms with van der Waals surface area (Å²) in [5.41, 5.74) is 0.355. The minimum absolute atomic E-state index is 0.188. The number of hydrogen-bond acceptors (Lipinski definition) is 3. The first kappa shape index (κ1) is 20.0. The van der Waals surface area contributed by atoms with Gasteiger partial charge in [0, 0.05) is 11.9 Å². The molecular weight excluding hydrogens is 413 g/mol. The van der Waals surface area contributed by atoms with E-state index in [2.05, 4.69) is 10.3 Å². The highest BCUT2D eigenvalue weighted by Gasteiger charge is 2.33. The number of anilines is 1. The van der Waals surface area contributed by atoms with Crippen LogP contribution in [-0.2, 0) is 12.7 Å². The summed E-state index contributed by atoms with van der Waals surface area (Å²) in [5.74, 6) is 1.99. The smallest absolute Gasteiger partial charge is 0.417 e. The number of hydrogen-bond donors (Lipinski definition) is 1. The Balaban J connectivity index is 1.48. The van der Waals surface area contributed by atoms with Gasteiger partial charge in [-0.05, 0) is 60.2 Å². The zero-order chi connectivity index (χ0) is 21.1. The highest BCUT2D eigenvalue weighted by Crippen LogP contribution is 2.35. The molecular formula is C23H16ClF3N2O. The third kappa shape index (κ3) is 4.66. The second kappa shape index (κ2) is 8.24. The molecule has 3 aromatic carbocycles. The monoisotopic (exact) mass is 428 g/mol. The Morgan fingerprint density at radius 3 is 2.43 bits per heavy atom. The Kier molecular flexibility index (Phi) is 5.50. The third-order valence-corrected chi connectivity index (χ3v) is 4.78. The molecule has 0 atom stereocenters. The summed E-state index contributed by atoms with van der Waals surface area (Å²) < 4.78 is 44.9. The van der Waals surface area contributed by atoms with E-state index in [1.54, 1.807) is 12.1 Å². The first-order valence-corrected chi connectivity index (χ1v) is 9.49. The summed E-state index contributed by atoms with van der Waals surface area (Å²) in [7, 11) is 0. The van der Waals surface area contributed by atoms with Gasteiger partial charge in [0.15, 0.2) is 0 Å².